The van der Waals surface area contributed by atoms with Crippen LogP contribution < -0.4 is 20.8 Å². The minimum absolute atomic E-state index is 0.0371. The van der Waals surface area contributed by atoms with Crippen molar-refractivity contribution in [2.75, 3.05) is 68.0 Å². The summed E-state index contributed by atoms with van der Waals surface area (Å²) < 4.78 is 65.0. The second-order valence-corrected chi connectivity index (χ2v) is 21.3. The van der Waals surface area contributed by atoms with E-state index >= 15 is 0 Å². The molecule has 19 nitrogen and oxygen atoms in total. The van der Waals surface area contributed by atoms with Gasteiger partial charge in [-0.05, 0) is 80.4 Å². The zero-order chi connectivity index (χ0) is 53.9. The van der Waals surface area contributed by atoms with Gasteiger partial charge in [0.25, 0.3) is 5.91 Å². The molecule has 3 heterocycles. The Hall–Kier alpha value is -3.84. The number of aryl methyl sites for hydroxylation is 2. The average molecular weight is 1130 g/mol. The molecule has 0 bridgehead atoms. The Morgan fingerprint density at radius 2 is 1.73 bits per heavy atom. The molecule has 1 aliphatic rings. The van der Waals surface area contributed by atoms with E-state index in [4.69, 9.17) is 87.6 Å². The van der Waals surface area contributed by atoms with Crippen molar-refractivity contribution in [2.24, 2.45) is 0 Å². The summed E-state index contributed by atoms with van der Waals surface area (Å²) in [5.74, 6) is -1.41. The summed E-state index contributed by atoms with van der Waals surface area (Å²) in [7, 11) is -3.71. The zero-order valence-corrected chi connectivity index (χ0v) is 44.5. The normalized spacial score (nSPS) is 14.7. The van der Waals surface area contributed by atoms with Crippen molar-refractivity contribution < 1.29 is 65.8 Å². The third kappa shape index (κ3) is 21.1. The number of aromatic nitrogens is 2. The number of nitrogens with zero attached hydrogens (tertiary/aromatic N) is 5. The van der Waals surface area contributed by atoms with Crippen molar-refractivity contribution >= 4 is 111 Å². The van der Waals surface area contributed by atoms with Crippen LogP contribution in [0.25, 0.3) is 5.69 Å². The van der Waals surface area contributed by atoms with Gasteiger partial charge in [-0.3, -0.25) is 34.7 Å². The molecule has 0 radical (unpaired) electrons. The summed E-state index contributed by atoms with van der Waals surface area (Å²) in [5.41, 5.74) is 6.17. The van der Waals surface area contributed by atoms with Gasteiger partial charge in [-0.25, -0.2) is 4.68 Å². The van der Waals surface area contributed by atoms with Gasteiger partial charge >= 0.3 is 17.8 Å². The number of furan rings is 1. The van der Waals surface area contributed by atoms with Crippen LogP contribution in [0.1, 0.15) is 56.2 Å². The molecule has 2 aromatic carbocycles. The topological polar surface area (TPSA) is 269 Å². The summed E-state index contributed by atoms with van der Waals surface area (Å²) in [4.78, 5) is 63.5. The largest absolute Gasteiger partial charge is 0.778 e. The summed E-state index contributed by atoms with van der Waals surface area (Å²) in [5, 5.41) is 23.5. The number of rotatable bonds is 14. The molecule has 0 aliphatic carbocycles. The molecule has 1 aliphatic heterocycles. The number of carbonyl (C=O) groups excluding carboxylic acids is 2. The van der Waals surface area contributed by atoms with Gasteiger partial charge in [0.1, 0.15) is 49.7 Å². The maximum absolute atomic E-state index is 12.6. The number of nitrogens with one attached hydrogen (secondary N) is 1. The monoisotopic (exact) mass is 1130 g/mol. The number of amides is 2. The van der Waals surface area contributed by atoms with Crippen LogP contribution in [0.15, 0.2) is 59.3 Å². The summed E-state index contributed by atoms with van der Waals surface area (Å²) in [6.07, 6.45) is 4.25. The number of nitro groups is 1. The molecule has 0 saturated carbocycles. The van der Waals surface area contributed by atoms with Crippen LogP contribution in [-0.4, -0.2) is 115 Å². The standard InChI is InChI=1S/C14H20ClNO2.C11H13Cl2NO3.C10H5Cl2F3N4O2.C3H8NO5P.C3H9S/c1-4-12-8-6-7-11(3)14(12)16(10-18-5-2)13(17)9-15;1-11(2)14(10(15)9(12)13)6-8(17-11)7-4-3-5-16-7;11-5-1-4(10(13,14)15)2-6(12)8(5)18-9(16)7(3-17-18)19(20)21;5-3(6)1-4-2-10(7,8)9;1-4(2)3/h6-8H,4-5,9-10H2,1-3H3;3-5,8-9H,6H2,1-2H3;1-3H,16H2;4H,1-2H2,(H,5,6)(H2,7,8,9);1-3H3/q;;;;+1/p-1. The number of hydrogen-bond acceptors (Lipinski definition) is 13. The zero-order valence-electron chi connectivity index (χ0n) is 39.0. The quantitative estimate of drug-likeness (QED) is 0.0231. The molecule has 70 heavy (non-hydrogen) atoms. The van der Waals surface area contributed by atoms with E-state index in [2.05, 4.69) is 30.8 Å². The first-order valence-corrected chi connectivity index (χ1v) is 26.5. The minimum Gasteiger partial charge on any atom is -0.778 e. The highest BCUT2D eigenvalue weighted by Crippen LogP contribution is 2.40. The number of para-hydroxylation sites is 1. The fraction of sp³-hybridized carbons (Fsp3) is 0.463. The molecule has 392 valence electrons. The average Bonchev–Trinajstić information content (AvgIpc) is 3.99. The van der Waals surface area contributed by atoms with Crippen molar-refractivity contribution in [3.8, 4) is 5.69 Å². The Morgan fingerprint density at radius 3 is 2.16 bits per heavy atom. The number of ether oxygens (including phenoxy) is 2. The molecule has 1 fully saturated rings. The summed E-state index contributed by atoms with van der Waals surface area (Å²) in [6, 6.07) is 10.9. The van der Waals surface area contributed by atoms with Gasteiger partial charge in [-0.15, -0.1) is 11.6 Å². The second kappa shape index (κ2) is 29.6. The van der Waals surface area contributed by atoms with Crippen molar-refractivity contribution in [2.45, 2.75) is 63.9 Å². The van der Waals surface area contributed by atoms with Gasteiger partial charge in [0.15, 0.2) is 4.84 Å². The lowest BCUT2D eigenvalue weighted by atomic mass is 10.0. The Bertz CT molecular complexity index is 2350. The van der Waals surface area contributed by atoms with Gasteiger partial charge in [0, 0.05) is 6.61 Å². The van der Waals surface area contributed by atoms with Crippen LogP contribution >= 0.6 is 65.6 Å². The molecule has 29 heteroatoms. The lowest BCUT2D eigenvalue weighted by molar-refractivity contribution is -0.383. The van der Waals surface area contributed by atoms with E-state index in [1.165, 1.54) is 4.90 Å². The number of halogens is 8. The molecular weight excluding hydrogens is 1080 g/mol. The van der Waals surface area contributed by atoms with Crippen LogP contribution in [0.3, 0.4) is 0 Å². The highest BCUT2D eigenvalue weighted by molar-refractivity contribution is 7.94. The molecule has 5 N–H and O–H groups in total. The van der Waals surface area contributed by atoms with Gasteiger partial charge < -0.3 is 44.0 Å². The number of nitrogens with two attached hydrogens (primary N) is 1. The number of hydrogen-bond donors (Lipinski definition) is 4. The van der Waals surface area contributed by atoms with Crippen molar-refractivity contribution in [3.63, 3.8) is 0 Å². The van der Waals surface area contributed by atoms with Crippen LogP contribution in [0.4, 0.5) is 30.4 Å². The second-order valence-electron chi connectivity index (χ2n) is 15.0. The predicted molar refractivity (Wildman–Crippen MR) is 264 cm³/mol. The maximum atomic E-state index is 12.6. The number of anilines is 2. The van der Waals surface area contributed by atoms with Crippen molar-refractivity contribution in [3.05, 3.63) is 97.5 Å². The summed E-state index contributed by atoms with van der Waals surface area (Å²) in [6.45, 7) is 10.3. The third-order valence-electron chi connectivity index (χ3n) is 8.68. The molecular formula is C41H54Cl5F3N7O12PS. The lowest BCUT2D eigenvalue weighted by Crippen LogP contribution is -2.45. The fourth-order valence-corrected chi connectivity index (χ4v) is 7.16. The van der Waals surface area contributed by atoms with Gasteiger partial charge in [-0.1, -0.05) is 71.5 Å². The molecule has 2 aromatic heterocycles. The van der Waals surface area contributed by atoms with E-state index in [0.717, 1.165) is 34.1 Å². The van der Waals surface area contributed by atoms with Gasteiger partial charge in [0.05, 0.1) is 70.6 Å². The van der Waals surface area contributed by atoms with E-state index in [-0.39, 0.29) is 46.3 Å². The summed E-state index contributed by atoms with van der Waals surface area (Å²) >= 11 is 28.4. The van der Waals surface area contributed by atoms with Crippen LogP contribution in [0.5, 0.6) is 0 Å². The van der Waals surface area contributed by atoms with E-state index < -0.39 is 65.1 Å². The molecule has 2 amide bonds. The van der Waals surface area contributed by atoms with Gasteiger partial charge in [-0.2, -0.15) is 18.3 Å². The number of alkyl halides is 6. The van der Waals surface area contributed by atoms with Crippen LogP contribution in [0, 0.1) is 17.0 Å². The van der Waals surface area contributed by atoms with Crippen LogP contribution in [0.2, 0.25) is 10.0 Å². The molecule has 1 saturated heterocycles. The van der Waals surface area contributed by atoms with E-state index in [1.54, 1.807) is 31.1 Å². The number of carbonyl (C=O) groups is 3. The van der Waals surface area contributed by atoms with Crippen molar-refractivity contribution in [1.29, 1.82) is 0 Å². The Balaban J connectivity index is 0.000000466. The van der Waals surface area contributed by atoms with E-state index in [1.807, 2.05) is 43.4 Å². The number of carboxylic acid groups (broad SMARTS) is 1. The number of aliphatic carboxylic acids is 1. The smallest absolute Gasteiger partial charge is 0.416 e. The third-order valence-corrected chi connectivity index (χ3v) is 10.5. The number of carboxylic acids is 1. The van der Waals surface area contributed by atoms with E-state index in [9.17, 15) is 47.1 Å². The van der Waals surface area contributed by atoms with Gasteiger partial charge in [0.2, 0.25) is 11.7 Å². The maximum Gasteiger partial charge on any atom is 0.416 e. The predicted octanol–water partition coefficient (Wildman–Crippen LogP) is 8.19. The Kier molecular flexibility index (Phi) is 27.2. The molecule has 2 unspecified atom stereocenters. The Labute approximate surface area is 430 Å². The van der Waals surface area contributed by atoms with Crippen LogP contribution in [-0.2, 0) is 51.9 Å². The van der Waals surface area contributed by atoms with E-state index in [0.29, 0.717) is 41.9 Å². The molecule has 5 rings (SSSR count). The highest BCUT2D eigenvalue weighted by atomic mass is 35.5. The Morgan fingerprint density at radius 1 is 1.14 bits per heavy atom. The number of nitrogen functional groups attached to an aromatic ring is 1. The molecule has 2 atom stereocenters. The molecule has 4 aromatic rings. The van der Waals surface area contributed by atoms with Crippen molar-refractivity contribution in [1.82, 2.24) is 20.0 Å². The first kappa shape index (κ1) is 64.2. The number of benzene rings is 2. The minimum atomic E-state index is -4.63. The SMILES string of the molecule is CC1(C)OC(c2ccco2)CN1C(=O)C(Cl)Cl.CCOCN(C(=O)CCl)c1c(C)cccc1CC.C[S+](C)C.Nc1c([N+](=O)[O-])cnn1-c1c(Cl)cc(C(F)(F)F)cc1Cl.O=C(O)CNCP(=O)([O-])O. The lowest BCUT2D eigenvalue weighted by Gasteiger charge is -2.29. The fourth-order valence-electron chi connectivity index (χ4n) is 5.74. The first-order chi connectivity index (χ1) is 32.3. The first-order valence-electron chi connectivity index (χ1n) is 20.2. The molecule has 0 spiro atoms. The highest BCUT2D eigenvalue weighted by Gasteiger charge is 2.45.